The largest absolute Gasteiger partial charge is 0.0654 e. The fourth-order valence-corrected chi connectivity index (χ4v) is 2.07. The lowest BCUT2D eigenvalue weighted by Crippen LogP contribution is -2.16. The minimum atomic E-state index is 0.909. The van der Waals surface area contributed by atoms with Gasteiger partial charge >= 0.3 is 0 Å². The second-order valence-corrected chi connectivity index (χ2v) is 5.74. The summed E-state index contributed by atoms with van der Waals surface area (Å²) in [4.78, 5) is 0. The van der Waals surface area contributed by atoms with Crippen molar-refractivity contribution in [3.8, 4) is 0 Å². The molecule has 0 nitrogen and oxygen atoms in total. The van der Waals surface area contributed by atoms with Crippen molar-refractivity contribution in [2.45, 2.75) is 93.4 Å². The van der Waals surface area contributed by atoms with Crippen LogP contribution in [0.25, 0.3) is 0 Å². The van der Waals surface area contributed by atoms with Gasteiger partial charge in [-0.05, 0) is 17.8 Å². The third-order valence-corrected chi connectivity index (χ3v) is 4.05. The Morgan fingerprint density at radius 2 is 1.06 bits per heavy atom. The summed E-state index contributed by atoms with van der Waals surface area (Å²) in [5, 5.41) is 0. The monoisotopic (exact) mass is 242 g/mol. The molecule has 106 valence electrons. The maximum atomic E-state index is 2.43. The van der Waals surface area contributed by atoms with Crippen LogP contribution in [0, 0.1) is 17.8 Å². The molecule has 3 atom stereocenters. The van der Waals surface area contributed by atoms with Crippen LogP contribution in [-0.2, 0) is 0 Å². The van der Waals surface area contributed by atoms with Crippen LogP contribution in [0.2, 0.25) is 0 Å². The van der Waals surface area contributed by atoms with Gasteiger partial charge in [0.05, 0.1) is 0 Å². The Morgan fingerprint density at radius 1 is 0.588 bits per heavy atom. The molecule has 0 aromatic carbocycles. The molecule has 0 rings (SSSR count). The number of rotatable bonds is 8. The van der Waals surface area contributed by atoms with Crippen LogP contribution in [0.15, 0.2) is 0 Å². The molecule has 0 saturated carbocycles. The van der Waals surface area contributed by atoms with Crippen molar-refractivity contribution in [2.75, 3.05) is 0 Å². The summed E-state index contributed by atoms with van der Waals surface area (Å²) in [5.41, 5.74) is 0. The van der Waals surface area contributed by atoms with Gasteiger partial charge in [0, 0.05) is 0 Å². The molecular weight excluding hydrogens is 204 g/mol. The van der Waals surface area contributed by atoms with Crippen LogP contribution in [0.3, 0.4) is 0 Å². The van der Waals surface area contributed by atoms with Crippen molar-refractivity contribution in [1.82, 2.24) is 0 Å². The molecule has 0 heterocycles. The smallest absolute Gasteiger partial charge is 0.0391 e. The van der Waals surface area contributed by atoms with E-state index in [1.54, 1.807) is 0 Å². The van der Waals surface area contributed by atoms with Gasteiger partial charge in [-0.2, -0.15) is 0 Å². The molecule has 0 aromatic rings. The highest BCUT2D eigenvalue weighted by Gasteiger charge is 2.17. The first-order chi connectivity index (χ1) is 8.04. The molecule has 0 aliphatic carbocycles. The van der Waals surface area contributed by atoms with Crippen LogP contribution in [0.4, 0.5) is 0 Å². The fourth-order valence-electron chi connectivity index (χ4n) is 2.07. The van der Waals surface area contributed by atoms with Gasteiger partial charge in [0.1, 0.15) is 0 Å². The summed E-state index contributed by atoms with van der Waals surface area (Å²) >= 11 is 0. The van der Waals surface area contributed by atoms with Gasteiger partial charge in [-0.1, -0.05) is 93.4 Å². The summed E-state index contributed by atoms with van der Waals surface area (Å²) in [6, 6.07) is 0. The van der Waals surface area contributed by atoms with E-state index in [2.05, 4.69) is 48.5 Å². The maximum Gasteiger partial charge on any atom is -0.0391 e. The number of hydrogen-bond donors (Lipinski definition) is 0. The van der Waals surface area contributed by atoms with Crippen molar-refractivity contribution in [1.29, 1.82) is 0 Å². The molecule has 17 heavy (non-hydrogen) atoms. The van der Waals surface area contributed by atoms with E-state index in [0.29, 0.717) is 0 Å². The highest BCUT2D eigenvalue weighted by molar-refractivity contribution is 4.67. The Hall–Kier alpha value is 0. The predicted molar refractivity (Wildman–Crippen MR) is 82.5 cm³/mol. The molecule has 0 saturated heterocycles. The van der Waals surface area contributed by atoms with E-state index < -0.39 is 0 Å². The van der Waals surface area contributed by atoms with Gasteiger partial charge in [0.15, 0.2) is 0 Å². The van der Waals surface area contributed by atoms with Crippen LogP contribution in [0.5, 0.6) is 0 Å². The van der Waals surface area contributed by atoms with Crippen LogP contribution < -0.4 is 0 Å². The first-order valence-corrected chi connectivity index (χ1v) is 8.04. The average Bonchev–Trinajstić information content (AvgIpc) is 2.35. The second kappa shape index (κ2) is 14.1. The quantitative estimate of drug-likeness (QED) is 0.444. The third kappa shape index (κ3) is 12.2. The molecule has 0 heteroatoms. The third-order valence-electron chi connectivity index (χ3n) is 4.05. The molecule has 0 aliphatic heterocycles. The Morgan fingerprint density at radius 3 is 1.41 bits per heavy atom. The van der Waals surface area contributed by atoms with Gasteiger partial charge in [0.25, 0.3) is 0 Å². The van der Waals surface area contributed by atoms with E-state index in [4.69, 9.17) is 0 Å². The lowest BCUT2D eigenvalue weighted by atomic mass is 9.80. The fraction of sp³-hybridized carbons (Fsp3) is 1.00. The standard InChI is InChI=1S/C13H28.C4H10/c1-6-8-10-12(4)13(5)11(3)9-7-2;1-3-4-2/h11-13H,6-10H2,1-5H3;3-4H2,1-2H3/t11-,12+,13?;/m1./s1. The normalized spacial score (nSPS) is 15.7. The first kappa shape index (κ1) is 19.3. The topological polar surface area (TPSA) is 0 Å². The lowest BCUT2D eigenvalue weighted by Gasteiger charge is -2.25. The van der Waals surface area contributed by atoms with Gasteiger partial charge in [-0.15, -0.1) is 0 Å². The molecule has 0 fully saturated rings. The summed E-state index contributed by atoms with van der Waals surface area (Å²) in [7, 11) is 0. The van der Waals surface area contributed by atoms with Crippen LogP contribution in [-0.4, -0.2) is 0 Å². The molecule has 0 spiro atoms. The maximum absolute atomic E-state index is 2.43. The van der Waals surface area contributed by atoms with Gasteiger partial charge in [-0.25, -0.2) is 0 Å². The zero-order chi connectivity index (χ0) is 13.7. The van der Waals surface area contributed by atoms with Crippen molar-refractivity contribution in [3.05, 3.63) is 0 Å². The van der Waals surface area contributed by atoms with E-state index >= 15 is 0 Å². The Balaban J connectivity index is 0. The molecule has 0 aromatic heterocycles. The SMILES string of the molecule is CCCC.CCCC[C@H](C)C(C)[C@H](C)CCC. The second-order valence-electron chi connectivity index (χ2n) is 5.74. The van der Waals surface area contributed by atoms with Crippen LogP contribution >= 0.6 is 0 Å². The molecule has 0 amide bonds. The minimum absolute atomic E-state index is 0.909. The van der Waals surface area contributed by atoms with Gasteiger partial charge in [-0.3, -0.25) is 0 Å². The van der Waals surface area contributed by atoms with E-state index in [0.717, 1.165) is 17.8 Å². The van der Waals surface area contributed by atoms with Crippen LogP contribution in [0.1, 0.15) is 93.4 Å². The van der Waals surface area contributed by atoms with E-state index in [-0.39, 0.29) is 0 Å². The first-order valence-electron chi connectivity index (χ1n) is 8.04. The van der Waals surface area contributed by atoms with E-state index in [1.165, 1.54) is 44.9 Å². The number of unbranched alkanes of at least 4 members (excludes halogenated alkanes) is 2. The van der Waals surface area contributed by atoms with Gasteiger partial charge < -0.3 is 0 Å². The summed E-state index contributed by atoms with van der Waals surface area (Å²) in [5.74, 6) is 2.74. The molecule has 0 aliphatic rings. The van der Waals surface area contributed by atoms with E-state index in [9.17, 15) is 0 Å². The van der Waals surface area contributed by atoms with Gasteiger partial charge in [0.2, 0.25) is 0 Å². The van der Waals surface area contributed by atoms with Crippen molar-refractivity contribution in [2.24, 2.45) is 17.8 Å². The highest BCUT2D eigenvalue weighted by Crippen LogP contribution is 2.27. The minimum Gasteiger partial charge on any atom is -0.0654 e. The lowest BCUT2D eigenvalue weighted by molar-refractivity contribution is 0.249. The molecule has 0 radical (unpaired) electrons. The number of hydrogen-bond acceptors (Lipinski definition) is 0. The zero-order valence-corrected chi connectivity index (χ0v) is 13.7. The highest BCUT2D eigenvalue weighted by atomic mass is 14.2. The van der Waals surface area contributed by atoms with Crippen molar-refractivity contribution in [3.63, 3.8) is 0 Å². The Bertz CT molecular complexity index is 126. The molecular formula is C17H38. The van der Waals surface area contributed by atoms with Crippen molar-refractivity contribution >= 4 is 0 Å². The Labute approximate surface area is 112 Å². The average molecular weight is 242 g/mol. The summed E-state index contributed by atoms with van der Waals surface area (Å²) in [6.07, 6.45) is 9.55. The zero-order valence-electron chi connectivity index (χ0n) is 13.7. The van der Waals surface area contributed by atoms with E-state index in [1.807, 2.05) is 0 Å². The molecule has 1 unspecified atom stereocenters. The summed E-state index contributed by atoms with van der Waals surface area (Å²) < 4.78 is 0. The van der Waals surface area contributed by atoms with Crippen molar-refractivity contribution < 1.29 is 0 Å². The summed E-state index contributed by atoms with van der Waals surface area (Å²) in [6.45, 7) is 16.2. The molecule has 0 N–H and O–H groups in total. The molecule has 0 bridgehead atoms. The Kier molecular flexibility index (Phi) is 16.0. The predicted octanol–water partition coefficient (Wildman–Crippen LogP) is 6.69.